The molecule has 1 heterocycles. The van der Waals surface area contributed by atoms with Crippen LogP contribution in [0.1, 0.15) is 6.92 Å². The van der Waals surface area contributed by atoms with Crippen molar-refractivity contribution in [2.75, 3.05) is 10.9 Å². The molecule has 1 rings (SSSR count). The molecule has 0 aliphatic rings. The molecule has 0 aromatic carbocycles. The summed E-state index contributed by atoms with van der Waals surface area (Å²) in [5.74, 6) is 6.36. The van der Waals surface area contributed by atoms with Crippen LogP contribution in [0.2, 0.25) is 0 Å². The summed E-state index contributed by atoms with van der Waals surface area (Å²) in [5.41, 5.74) is 11.4. The van der Waals surface area contributed by atoms with Crippen LogP contribution >= 0.6 is 0 Å². The summed E-state index contributed by atoms with van der Waals surface area (Å²) in [7, 11) is 0. The van der Waals surface area contributed by atoms with E-state index in [1.54, 1.807) is 19.1 Å². The normalized spacial score (nSPS) is 11.4. The van der Waals surface area contributed by atoms with E-state index in [2.05, 4.69) is 10.1 Å². The Morgan fingerprint density at radius 1 is 1.54 bits per heavy atom. The minimum Gasteiger partial charge on any atom is -0.397 e. The smallest absolute Gasteiger partial charge is 0.166 e. The van der Waals surface area contributed by atoms with Crippen molar-refractivity contribution >= 4 is 17.3 Å². The number of nitrogen functional groups attached to an aromatic ring is 1. The van der Waals surface area contributed by atoms with E-state index in [4.69, 9.17) is 17.3 Å². The highest BCUT2D eigenvalue weighted by Gasteiger charge is 1.99. The van der Waals surface area contributed by atoms with Crippen molar-refractivity contribution in [3.63, 3.8) is 0 Å². The highest BCUT2D eigenvalue weighted by atomic mass is 15.6. The highest BCUT2D eigenvalue weighted by Crippen LogP contribution is 2.08. The summed E-state index contributed by atoms with van der Waals surface area (Å²) < 4.78 is 0. The molecule has 13 heavy (non-hydrogen) atoms. The molecule has 0 unspecified atom stereocenters. The van der Waals surface area contributed by atoms with E-state index in [0.717, 1.165) is 5.12 Å². The minimum absolute atomic E-state index is 0.362. The Balaban J connectivity index is 2.83. The lowest BCUT2D eigenvalue weighted by Gasteiger charge is -2.10. The lowest BCUT2D eigenvalue weighted by Crippen LogP contribution is -2.28. The molecule has 0 aliphatic heterocycles. The van der Waals surface area contributed by atoms with Crippen LogP contribution in [0, 0.1) is 0 Å². The fraction of sp³-hybridized carbons (Fsp3) is 0.143. The molecule has 0 bridgehead atoms. The first-order valence-electron chi connectivity index (χ1n) is 3.66. The molecule has 6 nitrogen and oxygen atoms in total. The lowest BCUT2D eigenvalue weighted by atomic mass is 10.4. The zero-order valence-electron chi connectivity index (χ0n) is 7.31. The predicted octanol–water partition coefficient (Wildman–Crippen LogP) is -0.364. The lowest BCUT2D eigenvalue weighted by molar-refractivity contribution is 0.893. The Morgan fingerprint density at radius 2 is 2.23 bits per heavy atom. The quantitative estimate of drug-likeness (QED) is 0.249. The van der Waals surface area contributed by atoms with Gasteiger partial charge in [0, 0.05) is 0 Å². The zero-order chi connectivity index (χ0) is 9.84. The maximum absolute atomic E-state index is 5.51. The number of aromatic nitrogens is 1. The van der Waals surface area contributed by atoms with Crippen molar-refractivity contribution in [1.82, 2.24) is 4.98 Å². The van der Waals surface area contributed by atoms with E-state index in [0.29, 0.717) is 17.3 Å². The van der Waals surface area contributed by atoms with Gasteiger partial charge in [-0.15, -0.1) is 5.10 Å². The van der Waals surface area contributed by atoms with Crippen LogP contribution in [0.4, 0.5) is 11.5 Å². The third kappa shape index (κ3) is 2.60. The van der Waals surface area contributed by atoms with Gasteiger partial charge in [0.2, 0.25) is 0 Å². The number of hydrazine groups is 1. The Kier molecular flexibility index (Phi) is 2.65. The molecule has 6 heteroatoms. The third-order valence-corrected chi connectivity index (χ3v) is 1.27. The molecule has 0 aliphatic carbocycles. The average molecular weight is 180 g/mol. The molecule has 70 valence electrons. The molecule has 1 aromatic rings. The summed E-state index contributed by atoms with van der Waals surface area (Å²) in [6.07, 6.45) is 1.50. The fourth-order valence-corrected chi connectivity index (χ4v) is 0.754. The van der Waals surface area contributed by atoms with Gasteiger partial charge in [-0.3, -0.25) is 0 Å². The molecule has 0 fully saturated rings. The van der Waals surface area contributed by atoms with Gasteiger partial charge in [0.05, 0.1) is 11.9 Å². The van der Waals surface area contributed by atoms with E-state index >= 15 is 0 Å². The molecule has 0 atom stereocenters. The first-order valence-corrected chi connectivity index (χ1v) is 3.66. The molecule has 0 saturated carbocycles. The second-order valence-electron chi connectivity index (χ2n) is 2.54. The van der Waals surface area contributed by atoms with Gasteiger partial charge in [0.25, 0.3) is 0 Å². The van der Waals surface area contributed by atoms with Crippen LogP contribution in [0.3, 0.4) is 0 Å². The van der Waals surface area contributed by atoms with Gasteiger partial charge < -0.3 is 11.5 Å². The van der Waals surface area contributed by atoms with E-state index in [1.165, 1.54) is 6.20 Å². The van der Waals surface area contributed by atoms with Crippen molar-refractivity contribution in [2.24, 2.45) is 16.7 Å². The van der Waals surface area contributed by atoms with E-state index in [9.17, 15) is 0 Å². The maximum atomic E-state index is 5.51. The van der Waals surface area contributed by atoms with Gasteiger partial charge in [-0.25, -0.2) is 10.8 Å². The summed E-state index contributed by atoms with van der Waals surface area (Å²) in [5, 5.41) is 4.87. The monoisotopic (exact) mass is 180 g/mol. The highest BCUT2D eigenvalue weighted by molar-refractivity contribution is 5.78. The summed E-state index contributed by atoms with van der Waals surface area (Å²) in [6.45, 7) is 1.64. The first kappa shape index (κ1) is 9.27. The van der Waals surface area contributed by atoms with Gasteiger partial charge in [0.1, 0.15) is 5.84 Å². The standard InChI is InChI=1S/C7H12N6/c1-5(8)12-13(10)7-3-2-6(9)4-11-7/h2-4H,9-10H2,1H3,(H2,8,12). The Labute approximate surface area is 76.0 Å². The number of hydrogen-bond acceptors (Lipinski definition) is 5. The number of hydrazone groups is 1. The minimum atomic E-state index is 0.362. The second kappa shape index (κ2) is 3.72. The summed E-state index contributed by atoms with van der Waals surface area (Å²) in [6, 6.07) is 3.34. The largest absolute Gasteiger partial charge is 0.397 e. The van der Waals surface area contributed by atoms with E-state index in [1.807, 2.05) is 0 Å². The fourth-order valence-electron chi connectivity index (χ4n) is 0.754. The third-order valence-electron chi connectivity index (χ3n) is 1.27. The van der Waals surface area contributed by atoms with E-state index < -0.39 is 0 Å². The van der Waals surface area contributed by atoms with Crippen molar-refractivity contribution in [3.05, 3.63) is 18.3 Å². The van der Waals surface area contributed by atoms with Gasteiger partial charge in [0.15, 0.2) is 5.82 Å². The molecule has 0 radical (unpaired) electrons. The maximum Gasteiger partial charge on any atom is 0.166 e. The summed E-state index contributed by atoms with van der Waals surface area (Å²) in [4.78, 5) is 3.94. The van der Waals surface area contributed by atoms with Crippen LogP contribution < -0.4 is 22.4 Å². The van der Waals surface area contributed by atoms with Crippen molar-refractivity contribution in [3.8, 4) is 0 Å². The first-order chi connectivity index (χ1) is 6.09. The van der Waals surface area contributed by atoms with Crippen LogP contribution in [0.15, 0.2) is 23.4 Å². The number of hydrogen-bond donors (Lipinski definition) is 3. The number of pyridine rings is 1. The second-order valence-corrected chi connectivity index (χ2v) is 2.54. The molecule has 0 amide bonds. The Morgan fingerprint density at radius 3 is 2.69 bits per heavy atom. The predicted molar refractivity (Wildman–Crippen MR) is 52.6 cm³/mol. The van der Waals surface area contributed by atoms with Crippen LogP contribution in [0.25, 0.3) is 0 Å². The molecule has 6 N–H and O–H groups in total. The molecule has 0 saturated heterocycles. The van der Waals surface area contributed by atoms with Gasteiger partial charge in [-0.2, -0.15) is 5.12 Å². The molecular formula is C7H12N6. The van der Waals surface area contributed by atoms with Crippen molar-refractivity contribution in [2.45, 2.75) is 6.92 Å². The van der Waals surface area contributed by atoms with Crippen LogP contribution in [0.5, 0.6) is 0 Å². The number of rotatable bonds is 2. The molecule has 0 spiro atoms. The SMILES string of the molecule is C/C(N)=N/N(N)c1ccc(N)cn1. The number of anilines is 2. The van der Waals surface area contributed by atoms with Crippen LogP contribution in [-0.4, -0.2) is 10.8 Å². The topological polar surface area (TPSA) is 107 Å². The molecule has 1 aromatic heterocycles. The number of amidine groups is 1. The van der Waals surface area contributed by atoms with Crippen molar-refractivity contribution in [1.29, 1.82) is 0 Å². The molecular weight excluding hydrogens is 168 g/mol. The van der Waals surface area contributed by atoms with E-state index in [-0.39, 0.29) is 0 Å². The Bertz CT molecular complexity index is 299. The average Bonchev–Trinajstić information content (AvgIpc) is 2.04. The van der Waals surface area contributed by atoms with Crippen LogP contribution in [-0.2, 0) is 0 Å². The van der Waals surface area contributed by atoms with Gasteiger partial charge >= 0.3 is 0 Å². The number of nitrogens with zero attached hydrogens (tertiary/aromatic N) is 3. The Hall–Kier alpha value is -1.82. The summed E-state index contributed by atoms with van der Waals surface area (Å²) >= 11 is 0. The van der Waals surface area contributed by atoms with Gasteiger partial charge in [-0.1, -0.05) is 0 Å². The number of nitrogens with two attached hydrogens (primary N) is 3. The van der Waals surface area contributed by atoms with Gasteiger partial charge in [-0.05, 0) is 19.1 Å². The van der Waals surface area contributed by atoms with Crippen molar-refractivity contribution < 1.29 is 0 Å². The zero-order valence-corrected chi connectivity index (χ0v) is 7.31.